The van der Waals surface area contributed by atoms with Crippen LogP contribution in [-0.4, -0.2) is 12.6 Å². The highest BCUT2D eigenvalue weighted by Crippen LogP contribution is 2.16. The molecule has 1 aromatic rings. The predicted molar refractivity (Wildman–Crippen MR) is 51.0 cm³/mol. The second-order valence-corrected chi connectivity index (χ2v) is 3.00. The minimum Gasteiger partial charge on any atom is -0.303 e. The van der Waals surface area contributed by atoms with Gasteiger partial charge in [-0.25, -0.2) is 0 Å². The van der Waals surface area contributed by atoms with E-state index in [4.69, 9.17) is 5.26 Å². The Bertz CT molecular complexity index is 404. The normalized spacial score (nSPS) is 11.4. The monoisotopic (exact) mass is 187 g/mol. The van der Waals surface area contributed by atoms with Crippen LogP contribution in [0.4, 0.5) is 0 Å². The Morgan fingerprint density at radius 3 is 2.64 bits per heavy atom. The SMILES string of the molecule is CC(C=O)c1ccc(C#N)c(C=O)c1. The minimum absolute atomic E-state index is 0.249. The molecule has 14 heavy (non-hydrogen) atoms. The standard InChI is InChI=1S/C11H9NO2/c1-8(6-13)9-2-3-10(5-12)11(4-9)7-14/h2-4,6-8H,1H3. The summed E-state index contributed by atoms with van der Waals surface area (Å²) >= 11 is 0. The highest BCUT2D eigenvalue weighted by Gasteiger charge is 2.07. The average Bonchev–Trinajstić information content (AvgIpc) is 2.26. The van der Waals surface area contributed by atoms with Crippen LogP contribution < -0.4 is 0 Å². The van der Waals surface area contributed by atoms with Crippen LogP contribution in [-0.2, 0) is 4.79 Å². The van der Waals surface area contributed by atoms with Gasteiger partial charge in [0, 0.05) is 11.5 Å². The van der Waals surface area contributed by atoms with E-state index in [1.165, 1.54) is 0 Å². The number of carbonyl (C=O) groups is 2. The lowest BCUT2D eigenvalue weighted by Crippen LogP contribution is -1.97. The van der Waals surface area contributed by atoms with Crippen molar-refractivity contribution in [2.45, 2.75) is 12.8 Å². The van der Waals surface area contributed by atoms with Gasteiger partial charge in [-0.15, -0.1) is 0 Å². The van der Waals surface area contributed by atoms with E-state index in [1.807, 2.05) is 6.07 Å². The fourth-order valence-corrected chi connectivity index (χ4v) is 1.14. The van der Waals surface area contributed by atoms with Gasteiger partial charge in [-0.3, -0.25) is 4.79 Å². The number of aldehydes is 2. The summed E-state index contributed by atoms with van der Waals surface area (Å²) in [6.45, 7) is 1.74. The number of benzene rings is 1. The number of nitrogens with zero attached hydrogens (tertiary/aromatic N) is 1. The topological polar surface area (TPSA) is 57.9 Å². The van der Waals surface area contributed by atoms with Crippen molar-refractivity contribution in [3.63, 3.8) is 0 Å². The van der Waals surface area contributed by atoms with Crippen LogP contribution in [0.25, 0.3) is 0 Å². The molecule has 0 amide bonds. The molecule has 0 saturated heterocycles. The van der Waals surface area contributed by atoms with E-state index in [9.17, 15) is 9.59 Å². The summed E-state index contributed by atoms with van der Waals surface area (Å²) in [7, 11) is 0. The molecule has 1 rings (SSSR count). The number of nitriles is 1. The minimum atomic E-state index is -0.249. The van der Waals surface area contributed by atoms with Gasteiger partial charge < -0.3 is 4.79 Å². The van der Waals surface area contributed by atoms with Gasteiger partial charge in [0.05, 0.1) is 11.6 Å². The van der Waals surface area contributed by atoms with Crippen molar-refractivity contribution < 1.29 is 9.59 Å². The average molecular weight is 187 g/mol. The summed E-state index contributed by atoms with van der Waals surface area (Å²) in [6, 6.07) is 6.72. The second-order valence-electron chi connectivity index (χ2n) is 3.00. The van der Waals surface area contributed by atoms with Crippen LogP contribution >= 0.6 is 0 Å². The maximum atomic E-state index is 10.6. The maximum absolute atomic E-state index is 10.6. The first kappa shape index (κ1) is 10.1. The molecule has 70 valence electrons. The Morgan fingerprint density at radius 1 is 1.43 bits per heavy atom. The highest BCUT2D eigenvalue weighted by atomic mass is 16.1. The molecular formula is C11H9NO2. The second kappa shape index (κ2) is 4.33. The summed E-state index contributed by atoms with van der Waals surface area (Å²) in [6.07, 6.45) is 1.43. The van der Waals surface area contributed by atoms with Crippen LogP contribution in [0, 0.1) is 11.3 Å². The molecule has 1 aromatic carbocycles. The van der Waals surface area contributed by atoms with E-state index < -0.39 is 0 Å². The molecule has 0 radical (unpaired) electrons. The van der Waals surface area contributed by atoms with Crippen LogP contribution in [0.5, 0.6) is 0 Å². The lowest BCUT2D eigenvalue weighted by Gasteiger charge is -2.04. The van der Waals surface area contributed by atoms with E-state index >= 15 is 0 Å². The number of carbonyl (C=O) groups excluding carboxylic acids is 2. The van der Waals surface area contributed by atoms with Gasteiger partial charge >= 0.3 is 0 Å². The van der Waals surface area contributed by atoms with Crippen molar-refractivity contribution in [2.24, 2.45) is 0 Å². The van der Waals surface area contributed by atoms with Gasteiger partial charge in [-0.1, -0.05) is 13.0 Å². The van der Waals surface area contributed by atoms with Crippen molar-refractivity contribution in [3.05, 3.63) is 34.9 Å². The molecule has 3 nitrogen and oxygen atoms in total. The van der Waals surface area contributed by atoms with E-state index in [1.54, 1.807) is 25.1 Å². The molecule has 0 fully saturated rings. The van der Waals surface area contributed by atoms with Gasteiger partial charge in [0.25, 0.3) is 0 Å². The van der Waals surface area contributed by atoms with E-state index in [0.29, 0.717) is 17.4 Å². The molecular weight excluding hydrogens is 178 g/mol. The zero-order valence-electron chi connectivity index (χ0n) is 7.73. The Kier molecular flexibility index (Phi) is 3.14. The summed E-state index contributed by atoms with van der Waals surface area (Å²) in [5, 5.41) is 8.66. The van der Waals surface area contributed by atoms with Crippen LogP contribution in [0.15, 0.2) is 18.2 Å². The van der Waals surface area contributed by atoms with Crippen molar-refractivity contribution >= 4 is 12.6 Å². The third kappa shape index (κ3) is 1.86. The fourth-order valence-electron chi connectivity index (χ4n) is 1.14. The Morgan fingerprint density at radius 2 is 2.14 bits per heavy atom. The molecule has 0 aliphatic carbocycles. The molecule has 0 aromatic heterocycles. The van der Waals surface area contributed by atoms with Gasteiger partial charge in [-0.05, 0) is 17.7 Å². The molecule has 0 heterocycles. The van der Waals surface area contributed by atoms with Crippen molar-refractivity contribution in [1.82, 2.24) is 0 Å². The fraction of sp³-hybridized carbons (Fsp3) is 0.182. The first-order valence-corrected chi connectivity index (χ1v) is 4.17. The third-order valence-corrected chi connectivity index (χ3v) is 2.05. The van der Waals surface area contributed by atoms with E-state index in [0.717, 1.165) is 11.8 Å². The van der Waals surface area contributed by atoms with Crippen LogP contribution in [0.2, 0.25) is 0 Å². The lowest BCUT2D eigenvalue weighted by atomic mass is 9.98. The van der Waals surface area contributed by atoms with Crippen LogP contribution in [0.3, 0.4) is 0 Å². The number of hydrogen-bond donors (Lipinski definition) is 0. The summed E-state index contributed by atoms with van der Waals surface area (Å²) in [5.41, 5.74) is 1.42. The quantitative estimate of drug-likeness (QED) is 0.676. The summed E-state index contributed by atoms with van der Waals surface area (Å²) < 4.78 is 0. The van der Waals surface area contributed by atoms with Crippen molar-refractivity contribution in [1.29, 1.82) is 5.26 Å². The predicted octanol–water partition coefficient (Wildman–Crippen LogP) is 1.67. The summed E-state index contributed by atoms with van der Waals surface area (Å²) in [4.78, 5) is 21.1. The third-order valence-electron chi connectivity index (χ3n) is 2.05. The highest BCUT2D eigenvalue weighted by molar-refractivity contribution is 5.80. The summed E-state index contributed by atoms with van der Waals surface area (Å²) in [5.74, 6) is -0.249. The molecule has 1 atom stereocenters. The zero-order chi connectivity index (χ0) is 10.6. The molecule has 1 unspecified atom stereocenters. The van der Waals surface area contributed by atoms with Crippen LogP contribution in [0.1, 0.15) is 34.3 Å². The van der Waals surface area contributed by atoms with E-state index in [2.05, 4.69) is 0 Å². The van der Waals surface area contributed by atoms with Gasteiger partial charge in [0.1, 0.15) is 6.29 Å². The molecule has 0 bridgehead atoms. The maximum Gasteiger partial charge on any atom is 0.151 e. The molecule has 0 aliphatic rings. The largest absolute Gasteiger partial charge is 0.303 e. The van der Waals surface area contributed by atoms with Gasteiger partial charge in [-0.2, -0.15) is 5.26 Å². The lowest BCUT2D eigenvalue weighted by molar-refractivity contribution is -0.108. The Hall–Kier alpha value is -1.95. The first-order valence-electron chi connectivity index (χ1n) is 4.17. The van der Waals surface area contributed by atoms with Gasteiger partial charge in [0.15, 0.2) is 6.29 Å². The zero-order valence-corrected chi connectivity index (χ0v) is 7.73. The smallest absolute Gasteiger partial charge is 0.151 e. The molecule has 0 aliphatic heterocycles. The van der Waals surface area contributed by atoms with Crippen molar-refractivity contribution in [2.75, 3.05) is 0 Å². The number of hydrogen-bond acceptors (Lipinski definition) is 3. The first-order chi connectivity index (χ1) is 6.72. The van der Waals surface area contributed by atoms with Crippen molar-refractivity contribution in [3.8, 4) is 6.07 Å². The van der Waals surface area contributed by atoms with Gasteiger partial charge in [0.2, 0.25) is 0 Å². The molecule has 0 saturated carbocycles. The molecule has 3 heteroatoms. The molecule has 0 N–H and O–H groups in total. The number of rotatable bonds is 3. The Labute approximate surface area is 82.0 Å². The molecule has 0 spiro atoms. The Balaban J connectivity index is 3.21. The van der Waals surface area contributed by atoms with E-state index in [-0.39, 0.29) is 5.92 Å².